The van der Waals surface area contributed by atoms with E-state index in [1.807, 2.05) is 20.2 Å². The molecule has 0 amide bonds. The molecule has 1 N–H and O–H groups in total. The molecular formula is C17H29NO. The van der Waals surface area contributed by atoms with Crippen LogP contribution in [0.1, 0.15) is 52.2 Å². The highest BCUT2D eigenvalue weighted by Gasteiger charge is 2.37. The Morgan fingerprint density at radius 3 is 2.16 bits per heavy atom. The van der Waals surface area contributed by atoms with Gasteiger partial charge in [0, 0.05) is 12.1 Å². The van der Waals surface area contributed by atoms with E-state index < -0.39 is 0 Å². The van der Waals surface area contributed by atoms with Crippen LogP contribution < -0.4 is 0 Å². The third kappa shape index (κ3) is 3.30. The van der Waals surface area contributed by atoms with Gasteiger partial charge in [-0.25, -0.2) is 0 Å². The molecule has 0 aromatic heterocycles. The maximum atomic E-state index is 9.98. The van der Waals surface area contributed by atoms with Crippen molar-refractivity contribution in [2.24, 2.45) is 5.41 Å². The zero-order valence-corrected chi connectivity index (χ0v) is 13.5. The third-order valence-corrected chi connectivity index (χ3v) is 4.86. The van der Waals surface area contributed by atoms with E-state index in [4.69, 9.17) is 0 Å². The van der Waals surface area contributed by atoms with E-state index in [-0.39, 0.29) is 10.8 Å². The monoisotopic (exact) mass is 263 g/mol. The van der Waals surface area contributed by atoms with Gasteiger partial charge in [0.15, 0.2) is 0 Å². The summed E-state index contributed by atoms with van der Waals surface area (Å²) in [6.07, 6.45) is 1.13. The standard InChI is InChI=1S/C17H29NO/c1-8-16(2,3)17(4,5)14-9-10-15(19)13(11-14)12-18(6)7/h9-11,19H,8,12H2,1-7H3. The summed E-state index contributed by atoms with van der Waals surface area (Å²) in [5.74, 6) is 0.391. The van der Waals surface area contributed by atoms with Gasteiger partial charge in [-0.3, -0.25) is 0 Å². The number of hydrogen-bond donors (Lipinski definition) is 1. The van der Waals surface area contributed by atoms with Gasteiger partial charge in [0.2, 0.25) is 0 Å². The molecule has 0 fully saturated rings. The second-order valence-corrected chi connectivity index (χ2v) is 6.94. The van der Waals surface area contributed by atoms with Gasteiger partial charge in [-0.05, 0) is 36.6 Å². The van der Waals surface area contributed by atoms with Gasteiger partial charge in [-0.1, -0.05) is 53.2 Å². The molecule has 0 aliphatic rings. The minimum Gasteiger partial charge on any atom is -0.508 e. The molecule has 0 saturated carbocycles. The van der Waals surface area contributed by atoms with Crippen molar-refractivity contribution in [1.29, 1.82) is 0 Å². The first-order valence-corrected chi connectivity index (χ1v) is 7.09. The minimum atomic E-state index is 0.0799. The zero-order valence-electron chi connectivity index (χ0n) is 13.5. The molecule has 2 heteroatoms. The second kappa shape index (κ2) is 5.54. The maximum Gasteiger partial charge on any atom is 0.120 e. The first-order chi connectivity index (χ1) is 8.61. The Kier molecular flexibility index (Phi) is 4.67. The lowest BCUT2D eigenvalue weighted by Crippen LogP contribution is -2.36. The number of benzene rings is 1. The van der Waals surface area contributed by atoms with Crippen molar-refractivity contribution >= 4 is 0 Å². The lowest BCUT2D eigenvalue weighted by molar-refractivity contribution is 0.189. The zero-order chi connectivity index (χ0) is 14.8. The van der Waals surface area contributed by atoms with E-state index in [1.165, 1.54) is 5.56 Å². The summed E-state index contributed by atoms with van der Waals surface area (Å²) >= 11 is 0. The highest BCUT2D eigenvalue weighted by Crippen LogP contribution is 2.44. The van der Waals surface area contributed by atoms with Crippen molar-refractivity contribution < 1.29 is 5.11 Å². The molecule has 0 unspecified atom stereocenters. The summed E-state index contributed by atoms with van der Waals surface area (Å²) < 4.78 is 0. The molecule has 0 spiro atoms. The topological polar surface area (TPSA) is 23.5 Å². The third-order valence-electron chi connectivity index (χ3n) is 4.86. The van der Waals surface area contributed by atoms with Gasteiger partial charge in [-0.2, -0.15) is 0 Å². The minimum absolute atomic E-state index is 0.0799. The van der Waals surface area contributed by atoms with Crippen LogP contribution >= 0.6 is 0 Å². The highest BCUT2D eigenvalue weighted by molar-refractivity contribution is 5.39. The average molecular weight is 263 g/mol. The van der Waals surface area contributed by atoms with Crippen molar-refractivity contribution in [1.82, 2.24) is 4.90 Å². The SMILES string of the molecule is CCC(C)(C)C(C)(C)c1ccc(O)c(CN(C)C)c1. The van der Waals surface area contributed by atoms with Crippen LogP contribution in [-0.2, 0) is 12.0 Å². The smallest absolute Gasteiger partial charge is 0.120 e. The molecule has 0 radical (unpaired) electrons. The lowest BCUT2D eigenvalue weighted by atomic mass is 9.63. The highest BCUT2D eigenvalue weighted by atomic mass is 16.3. The van der Waals surface area contributed by atoms with Gasteiger partial charge < -0.3 is 10.0 Å². The summed E-state index contributed by atoms with van der Waals surface area (Å²) in [4.78, 5) is 2.08. The second-order valence-electron chi connectivity index (χ2n) is 6.94. The van der Waals surface area contributed by atoms with E-state index in [0.717, 1.165) is 18.5 Å². The fourth-order valence-electron chi connectivity index (χ4n) is 2.27. The molecule has 1 aromatic rings. The molecule has 0 saturated heterocycles. The van der Waals surface area contributed by atoms with Gasteiger partial charge in [-0.15, -0.1) is 0 Å². The lowest BCUT2D eigenvalue weighted by Gasteiger charge is -2.42. The predicted octanol–water partition coefficient (Wildman–Crippen LogP) is 4.17. The van der Waals surface area contributed by atoms with Crippen LogP contribution in [0.15, 0.2) is 18.2 Å². The van der Waals surface area contributed by atoms with E-state index in [0.29, 0.717) is 5.75 Å². The normalized spacial score (nSPS) is 13.1. The van der Waals surface area contributed by atoms with Gasteiger partial charge in [0.1, 0.15) is 5.75 Å². The Morgan fingerprint density at radius 1 is 1.11 bits per heavy atom. The summed E-state index contributed by atoms with van der Waals surface area (Å²) in [6, 6.07) is 6.06. The first kappa shape index (κ1) is 16.0. The van der Waals surface area contributed by atoms with Crippen molar-refractivity contribution in [2.45, 2.75) is 53.0 Å². The van der Waals surface area contributed by atoms with Gasteiger partial charge in [0.25, 0.3) is 0 Å². The van der Waals surface area contributed by atoms with Crippen molar-refractivity contribution in [3.8, 4) is 5.75 Å². The number of phenolic OH excluding ortho intramolecular Hbond substituents is 1. The molecule has 19 heavy (non-hydrogen) atoms. The van der Waals surface area contributed by atoms with Gasteiger partial charge in [0.05, 0.1) is 0 Å². The Balaban J connectivity index is 3.21. The van der Waals surface area contributed by atoms with Crippen molar-refractivity contribution in [3.05, 3.63) is 29.3 Å². The molecule has 0 heterocycles. The van der Waals surface area contributed by atoms with Crippen LogP contribution in [0.4, 0.5) is 0 Å². The Morgan fingerprint density at radius 2 is 1.68 bits per heavy atom. The summed E-state index contributed by atoms with van der Waals surface area (Å²) in [5, 5.41) is 9.98. The van der Waals surface area contributed by atoms with E-state index in [9.17, 15) is 5.11 Å². The fraction of sp³-hybridized carbons (Fsp3) is 0.647. The van der Waals surface area contributed by atoms with Crippen LogP contribution in [-0.4, -0.2) is 24.1 Å². The molecule has 1 rings (SSSR count). The molecule has 0 atom stereocenters. The number of hydrogen-bond acceptors (Lipinski definition) is 2. The molecule has 0 bridgehead atoms. The van der Waals surface area contributed by atoms with Crippen LogP contribution in [0.3, 0.4) is 0 Å². The quantitative estimate of drug-likeness (QED) is 0.862. The first-order valence-electron chi connectivity index (χ1n) is 7.09. The molecule has 2 nitrogen and oxygen atoms in total. The Hall–Kier alpha value is -1.02. The van der Waals surface area contributed by atoms with Crippen LogP contribution in [0, 0.1) is 5.41 Å². The molecular weight excluding hydrogens is 234 g/mol. The van der Waals surface area contributed by atoms with Crippen LogP contribution in [0.5, 0.6) is 5.75 Å². The number of phenols is 1. The van der Waals surface area contributed by atoms with E-state index in [1.54, 1.807) is 0 Å². The molecule has 108 valence electrons. The summed E-state index contributed by atoms with van der Waals surface area (Å²) in [7, 11) is 4.04. The summed E-state index contributed by atoms with van der Waals surface area (Å²) in [6.45, 7) is 12.2. The average Bonchev–Trinajstić information content (AvgIpc) is 2.30. The van der Waals surface area contributed by atoms with Gasteiger partial charge >= 0.3 is 0 Å². The molecule has 0 aliphatic heterocycles. The largest absolute Gasteiger partial charge is 0.508 e. The summed E-state index contributed by atoms with van der Waals surface area (Å²) in [5.41, 5.74) is 2.60. The number of nitrogens with zero attached hydrogens (tertiary/aromatic N) is 1. The molecule has 0 aliphatic carbocycles. The Labute approximate surface area is 118 Å². The predicted molar refractivity (Wildman–Crippen MR) is 82.6 cm³/mol. The maximum absolute atomic E-state index is 9.98. The van der Waals surface area contributed by atoms with Crippen LogP contribution in [0.2, 0.25) is 0 Å². The van der Waals surface area contributed by atoms with E-state index in [2.05, 4.69) is 51.7 Å². The number of rotatable bonds is 5. The number of aromatic hydroxyl groups is 1. The van der Waals surface area contributed by atoms with Crippen LogP contribution in [0.25, 0.3) is 0 Å². The molecule has 1 aromatic carbocycles. The van der Waals surface area contributed by atoms with Crippen molar-refractivity contribution in [3.63, 3.8) is 0 Å². The van der Waals surface area contributed by atoms with Crippen molar-refractivity contribution in [2.75, 3.05) is 14.1 Å². The Bertz CT molecular complexity index is 433. The fourth-order valence-corrected chi connectivity index (χ4v) is 2.27. The van der Waals surface area contributed by atoms with E-state index >= 15 is 0 Å².